The SMILES string of the molecule is CC(=O)Nc1ccc(N2C(=S)N[C@H](c3ccccn3)[C@H]2c2ccc(C)o2)cc1. The quantitative estimate of drug-likeness (QED) is 0.651. The van der Waals surface area contributed by atoms with E-state index in [-0.39, 0.29) is 18.0 Å². The molecule has 1 fully saturated rings. The molecule has 0 bridgehead atoms. The molecule has 1 aliphatic rings. The molecule has 0 radical (unpaired) electrons. The van der Waals surface area contributed by atoms with Crippen molar-refractivity contribution in [3.05, 3.63) is 78.0 Å². The molecule has 4 rings (SSSR count). The van der Waals surface area contributed by atoms with E-state index in [0.29, 0.717) is 5.11 Å². The molecule has 0 spiro atoms. The summed E-state index contributed by atoms with van der Waals surface area (Å²) in [4.78, 5) is 17.8. The van der Waals surface area contributed by atoms with Crippen LogP contribution in [0.3, 0.4) is 0 Å². The minimum absolute atomic E-state index is 0.106. The van der Waals surface area contributed by atoms with Gasteiger partial charge in [-0.15, -0.1) is 0 Å². The Morgan fingerprint density at radius 2 is 1.96 bits per heavy atom. The third kappa shape index (κ3) is 3.48. The molecule has 0 aliphatic carbocycles. The first-order valence-corrected chi connectivity index (χ1v) is 9.38. The fourth-order valence-electron chi connectivity index (χ4n) is 3.44. The van der Waals surface area contributed by atoms with Crippen LogP contribution in [0.5, 0.6) is 0 Å². The van der Waals surface area contributed by atoms with Gasteiger partial charge in [-0.25, -0.2) is 0 Å². The van der Waals surface area contributed by atoms with Crippen LogP contribution in [0.2, 0.25) is 0 Å². The average Bonchev–Trinajstić information content (AvgIpc) is 3.26. The predicted octanol–water partition coefficient (Wildman–Crippen LogP) is 4.12. The standard InChI is InChI=1S/C21H20N4O2S/c1-13-6-11-18(27-13)20-19(17-5-3-4-12-22-17)24-21(28)25(20)16-9-7-15(8-10-16)23-14(2)26/h3-12,19-20H,1-2H3,(H,23,26)(H,24,28)/t19-,20-/m1/s1. The van der Waals surface area contributed by atoms with Crippen LogP contribution in [0.4, 0.5) is 11.4 Å². The summed E-state index contributed by atoms with van der Waals surface area (Å²) in [6, 6.07) is 17.0. The summed E-state index contributed by atoms with van der Waals surface area (Å²) in [5, 5.41) is 6.77. The minimum Gasteiger partial charge on any atom is -0.464 e. The molecule has 2 atom stereocenters. The molecule has 3 aromatic rings. The van der Waals surface area contributed by atoms with E-state index in [1.54, 1.807) is 6.20 Å². The zero-order chi connectivity index (χ0) is 19.7. The van der Waals surface area contributed by atoms with E-state index in [1.807, 2.05) is 66.4 Å². The number of thiocarbonyl (C=S) groups is 1. The van der Waals surface area contributed by atoms with E-state index < -0.39 is 0 Å². The van der Waals surface area contributed by atoms with Crippen molar-refractivity contribution in [3.63, 3.8) is 0 Å². The summed E-state index contributed by atoms with van der Waals surface area (Å²) < 4.78 is 5.97. The maximum atomic E-state index is 11.3. The van der Waals surface area contributed by atoms with Gasteiger partial charge >= 0.3 is 0 Å². The summed E-state index contributed by atoms with van der Waals surface area (Å²) in [6.45, 7) is 3.41. The Kier molecular flexibility index (Phi) is 4.83. The molecule has 7 heteroatoms. The van der Waals surface area contributed by atoms with Gasteiger partial charge in [0.25, 0.3) is 0 Å². The summed E-state index contributed by atoms with van der Waals surface area (Å²) in [6.07, 6.45) is 1.77. The number of benzene rings is 1. The molecule has 6 nitrogen and oxygen atoms in total. The first kappa shape index (κ1) is 18.2. The number of nitrogens with one attached hydrogen (secondary N) is 2. The van der Waals surface area contributed by atoms with E-state index in [4.69, 9.17) is 16.6 Å². The van der Waals surface area contributed by atoms with E-state index in [9.17, 15) is 4.79 Å². The molecule has 3 heterocycles. The number of furan rings is 1. The Morgan fingerprint density at radius 3 is 2.57 bits per heavy atom. The maximum Gasteiger partial charge on any atom is 0.221 e. The molecule has 1 saturated heterocycles. The predicted molar refractivity (Wildman–Crippen MR) is 112 cm³/mol. The van der Waals surface area contributed by atoms with Crippen LogP contribution < -0.4 is 15.5 Å². The Morgan fingerprint density at radius 1 is 1.18 bits per heavy atom. The number of aryl methyl sites for hydroxylation is 1. The van der Waals surface area contributed by atoms with Gasteiger partial charge in [0.1, 0.15) is 17.6 Å². The summed E-state index contributed by atoms with van der Waals surface area (Å²) in [5.74, 6) is 1.55. The summed E-state index contributed by atoms with van der Waals surface area (Å²) in [5.41, 5.74) is 2.53. The largest absolute Gasteiger partial charge is 0.464 e. The minimum atomic E-state index is -0.178. The Hall–Kier alpha value is -3.19. The summed E-state index contributed by atoms with van der Waals surface area (Å²) in [7, 11) is 0. The molecular formula is C21H20N4O2S. The molecule has 0 saturated carbocycles. The van der Waals surface area contributed by atoms with Crippen molar-refractivity contribution in [1.29, 1.82) is 0 Å². The van der Waals surface area contributed by atoms with Crippen LogP contribution >= 0.6 is 12.2 Å². The number of nitrogens with zero attached hydrogens (tertiary/aromatic N) is 2. The molecule has 2 N–H and O–H groups in total. The average molecular weight is 392 g/mol. The van der Waals surface area contributed by atoms with Crippen molar-refractivity contribution >= 4 is 34.6 Å². The fraction of sp³-hybridized carbons (Fsp3) is 0.190. The third-order valence-electron chi connectivity index (χ3n) is 4.62. The highest BCUT2D eigenvalue weighted by Gasteiger charge is 2.42. The Bertz CT molecular complexity index is 1000. The van der Waals surface area contributed by atoms with Crippen molar-refractivity contribution in [2.24, 2.45) is 0 Å². The Labute approximate surface area is 168 Å². The second-order valence-corrected chi connectivity index (χ2v) is 7.06. The van der Waals surface area contributed by atoms with Gasteiger partial charge < -0.3 is 20.0 Å². The molecule has 1 amide bonds. The number of pyridine rings is 1. The number of hydrogen-bond donors (Lipinski definition) is 2. The van der Waals surface area contributed by atoms with Crippen molar-refractivity contribution in [2.45, 2.75) is 25.9 Å². The number of carbonyl (C=O) groups is 1. The van der Waals surface area contributed by atoms with Gasteiger partial charge in [-0.1, -0.05) is 6.07 Å². The van der Waals surface area contributed by atoms with Crippen molar-refractivity contribution in [2.75, 3.05) is 10.2 Å². The van der Waals surface area contributed by atoms with Crippen molar-refractivity contribution in [1.82, 2.24) is 10.3 Å². The first-order chi connectivity index (χ1) is 13.5. The van der Waals surface area contributed by atoms with Crippen LogP contribution in [0.1, 0.15) is 36.2 Å². The van der Waals surface area contributed by atoms with Crippen LogP contribution in [0.15, 0.2) is 65.2 Å². The van der Waals surface area contributed by atoms with E-state index in [1.165, 1.54) is 6.92 Å². The zero-order valence-electron chi connectivity index (χ0n) is 15.5. The highest BCUT2D eigenvalue weighted by Crippen LogP contribution is 2.42. The fourth-order valence-corrected chi connectivity index (χ4v) is 3.79. The van der Waals surface area contributed by atoms with Crippen molar-refractivity contribution < 1.29 is 9.21 Å². The smallest absolute Gasteiger partial charge is 0.221 e. The van der Waals surface area contributed by atoms with Crippen LogP contribution in [0, 0.1) is 6.92 Å². The van der Waals surface area contributed by atoms with E-state index >= 15 is 0 Å². The normalized spacial score (nSPS) is 18.8. The highest BCUT2D eigenvalue weighted by molar-refractivity contribution is 7.80. The lowest BCUT2D eigenvalue weighted by Gasteiger charge is -2.26. The molecule has 28 heavy (non-hydrogen) atoms. The van der Waals surface area contributed by atoms with E-state index in [0.717, 1.165) is 28.6 Å². The molecule has 1 aromatic carbocycles. The van der Waals surface area contributed by atoms with Gasteiger partial charge in [-0.3, -0.25) is 9.78 Å². The number of anilines is 2. The van der Waals surface area contributed by atoms with Gasteiger partial charge in [-0.05, 0) is 67.7 Å². The number of carbonyl (C=O) groups excluding carboxylic acids is 1. The second kappa shape index (κ2) is 7.44. The third-order valence-corrected chi connectivity index (χ3v) is 4.93. The van der Waals surface area contributed by atoms with Gasteiger partial charge in [0.15, 0.2) is 5.11 Å². The Balaban J connectivity index is 1.74. The molecule has 2 aromatic heterocycles. The zero-order valence-corrected chi connectivity index (χ0v) is 16.4. The first-order valence-electron chi connectivity index (χ1n) is 8.97. The number of rotatable bonds is 4. The van der Waals surface area contributed by atoms with Crippen molar-refractivity contribution in [3.8, 4) is 0 Å². The number of amides is 1. The lowest BCUT2D eigenvalue weighted by atomic mass is 10.0. The number of hydrogen-bond acceptors (Lipinski definition) is 4. The van der Waals surface area contributed by atoms with Gasteiger partial charge in [0.05, 0.1) is 11.7 Å². The summed E-state index contributed by atoms with van der Waals surface area (Å²) >= 11 is 5.66. The van der Waals surface area contributed by atoms with E-state index in [2.05, 4.69) is 15.6 Å². The topological polar surface area (TPSA) is 70.4 Å². The van der Waals surface area contributed by atoms with Gasteiger partial charge in [0, 0.05) is 24.5 Å². The maximum absolute atomic E-state index is 11.3. The lowest BCUT2D eigenvalue weighted by Crippen LogP contribution is -2.29. The molecular weight excluding hydrogens is 372 g/mol. The second-order valence-electron chi connectivity index (χ2n) is 6.67. The monoisotopic (exact) mass is 392 g/mol. The van der Waals surface area contributed by atoms with Gasteiger partial charge in [0.2, 0.25) is 5.91 Å². The van der Waals surface area contributed by atoms with Crippen LogP contribution in [-0.2, 0) is 4.79 Å². The van der Waals surface area contributed by atoms with Crippen LogP contribution in [-0.4, -0.2) is 16.0 Å². The molecule has 1 aliphatic heterocycles. The lowest BCUT2D eigenvalue weighted by molar-refractivity contribution is -0.114. The number of aromatic nitrogens is 1. The van der Waals surface area contributed by atoms with Gasteiger partial charge in [-0.2, -0.15) is 0 Å². The molecule has 142 valence electrons. The molecule has 0 unspecified atom stereocenters. The highest BCUT2D eigenvalue weighted by atomic mass is 32.1. The van der Waals surface area contributed by atoms with Crippen LogP contribution in [0.25, 0.3) is 0 Å².